The summed E-state index contributed by atoms with van der Waals surface area (Å²) in [7, 11) is 1.90. The first-order valence-corrected chi connectivity index (χ1v) is 9.64. The van der Waals surface area contributed by atoms with Crippen LogP contribution in [0.15, 0.2) is 16.5 Å². The van der Waals surface area contributed by atoms with Crippen LogP contribution in [0.2, 0.25) is 0 Å². The molecule has 6 nitrogen and oxygen atoms in total. The van der Waals surface area contributed by atoms with Crippen LogP contribution in [0.3, 0.4) is 0 Å². The van der Waals surface area contributed by atoms with Crippen LogP contribution in [0.5, 0.6) is 0 Å². The minimum atomic E-state index is -0.374. The molecule has 1 aromatic rings. The minimum absolute atomic E-state index is 0.0733. The molecule has 142 valence electrons. The van der Waals surface area contributed by atoms with Crippen molar-refractivity contribution in [1.29, 1.82) is 0 Å². The molecule has 1 unspecified atom stereocenters. The molecular weight excluding hydrogens is 330 g/mol. The maximum atomic E-state index is 13.1. The van der Waals surface area contributed by atoms with Gasteiger partial charge in [-0.05, 0) is 51.4 Å². The number of rotatable bonds is 2. The number of amides is 2. The van der Waals surface area contributed by atoms with Crippen molar-refractivity contribution in [2.45, 2.75) is 39.7 Å². The first-order valence-electron chi connectivity index (χ1n) is 9.64. The first-order chi connectivity index (χ1) is 12.4. The number of carbonyl (C=O) groups excluding carboxylic acids is 2. The van der Waals surface area contributed by atoms with Gasteiger partial charge in [-0.15, -0.1) is 0 Å². The van der Waals surface area contributed by atoms with E-state index in [0.717, 1.165) is 63.5 Å². The quantitative estimate of drug-likeness (QED) is 0.809. The maximum Gasteiger partial charge on any atom is 0.231 e. The lowest BCUT2D eigenvalue weighted by Gasteiger charge is -2.46. The molecule has 3 aliphatic rings. The van der Waals surface area contributed by atoms with Gasteiger partial charge in [0.05, 0.1) is 12.0 Å². The fourth-order valence-corrected chi connectivity index (χ4v) is 5.43. The van der Waals surface area contributed by atoms with E-state index < -0.39 is 0 Å². The van der Waals surface area contributed by atoms with Crippen molar-refractivity contribution in [3.05, 3.63) is 23.7 Å². The van der Waals surface area contributed by atoms with Crippen LogP contribution < -0.4 is 0 Å². The second-order valence-corrected chi connectivity index (χ2v) is 8.50. The SMILES string of the molecule is CC(=O)N1CC2(CCN(Cc3ccc(C)o3)CC2)C2(CCN(C)C2=O)C1. The van der Waals surface area contributed by atoms with Gasteiger partial charge in [0.2, 0.25) is 11.8 Å². The standard InChI is InChI=1S/C20H29N3O3/c1-15-4-5-17(26-15)12-22-10-6-19(7-11-22)13-23(16(2)24)14-20(19)8-9-21(3)18(20)25/h4-5H,6-14H2,1-3H3. The van der Waals surface area contributed by atoms with Crippen LogP contribution in [-0.4, -0.2) is 66.3 Å². The highest BCUT2D eigenvalue weighted by Crippen LogP contribution is 2.57. The molecule has 0 N–H and O–H groups in total. The molecule has 6 heteroatoms. The molecule has 0 radical (unpaired) electrons. The van der Waals surface area contributed by atoms with Crippen LogP contribution in [0.25, 0.3) is 0 Å². The highest BCUT2D eigenvalue weighted by Gasteiger charge is 2.65. The molecule has 1 atom stereocenters. The van der Waals surface area contributed by atoms with Gasteiger partial charge in [-0.1, -0.05) is 0 Å². The van der Waals surface area contributed by atoms with Gasteiger partial charge in [0.15, 0.2) is 0 Å². The lowest BCUT2D eigenvalue weighted by Crippen LogP contribution is -2.52. The van der Waals surface area contributed by atoms with Crippen molar-refractivity contribution >= 4 is 11.8 Å². The Kier molecular flexibility index (Phi) is 4.14. The number of hydrogen-bond acceptors (Lipinski definition) is 4. The van der Waals surface area contributed by atoms with Crippen molar-refractivity contribution in [2.75, 3.05) is 39.8 Å². The van der Waals surface area contributed by atoms with Crippen molar-refractivity contribution in [3.63, 3.8) is 0 Å². The number of nitrogens with zero attached hydrogens (tertiary/aromatic N) is 3. The molecule has 0 aliphatic carbocycles. The van der Waals surface area contributed by atoms with Crippen LogP contribution in [-0.2, 0) is 16.1 Å². The highest BCUT2D eigenvalue weighted by atomic mass is 16.3. The van der Waals surface area contributed by atoms with Crippen LogP contribution in [0, 0.1) is 17.8 Å². The fraction of sp³-hybridized carbons (Fsp3) is 0.700. The third-order valence-electron chi connectivity index (χ3n) is 7.03. The van der Waals surface area contributed by atoms with E-state index in [2.05, 4.69) is 4.90 Å². The van der Waals surface area contributed by atoms with E-state index in [1.54, 1.807) is 6.92 Å². The molecule has 2 spiro atoms. The lowest BCUT2D eigenvalue weighted by molar-refractivity contribution is -0.141. The molecule has 4 heterocycles. The molecule has 0 bridgehead atoms. The first kappa shape index (κ1) is 17.6. The molecule has 0 aromatic carbocycles. The number of carbonyl (C=O) groups is 2. The number of piperidine rings is 1. The Hall–Kier alpha value is -1.82. The van der Waals surface area contributed by atoms with E-state index in [0.29, 0.717) is 6.54 Å². The van der Waals surface area contributed by atoms with Gasteiger partial charge >= 0.3 is 0 Å². The van der Waals surface area contributed by atoms with Gasteiger partial charge in [0.25, 0.3) is 0 Å². The van der Waals surface area contributed by atoms with Crippen molar-refractivity contribution in [1.82, 2.24) is 14.7 Å². The zero-order valence-corrected chi connectivity index (χ0v) is 16.1. The number of fused-ring (bicyclic) bond motifs is 1. The van der Waals surface area contributed by atoms with E-state index in [1.165, 1.54) is 0 Å². The van der Waals surface area contributed by atoms with E-state index in [-0.39, 0.29) is 22.6 Å². The van der Waals surface area contributed by atoms with E-state index in [1.807, 2.05) is 35.9 Å². The Morgan fingerprint density at radius 1 is 1.15 bits per heavy atom. The summed E-state index contributed by atoms with van der Waals surface area (Å²) in [5, 5.41) is 0. The summed E-state index contributed by atoms with van der Waals surface area (Å²) in [5.41, 5.74) is -0.448. The summed E-state index contributed by atoms with van der Waals surface area (Å²) in [6, 6.07) is 4.05. The van der Waals surface area contributed by atoms with Gasteiger partial charge < -0.3 is 14.2 Å². The smallest absolute Gasteiger partial charge is 0.231 e. The van der Waals surface area contributed by atoms with Crippen LogP contribution in [0.1, 0.15) is 37.7 Å². The maximum absolute atomic E-state index is 13.1. The Balaban J connectivity index is 1.53. The Labute approximate surface area is 155 Å². The summed E-state index contributed by atoms with van der Waals surface area (Å²) >= 11 is 0. The summed E-state index contributed by atoms with van der Waals surface area (Å²) < 4.78 is 5.72. The summed E-state index contributed by atoms with van der Waals surface area (Å²) in [6.45, 7) is 8.45. The largest absolute Gasteiger partial charge is 0.465 e. The highest BCUT2D eigenvalue weighted by molar-refractivity contribution is 5.88. The molecule has 26 heavy (non-hydrogen) atoms. The third kappa shape index (κ3) is 2.57. The predicted molar refractivity (Wildman–Crippen MR) is 97.3 cm³/mol. The second-order valence-electron chi connectivity index (χ2n) is 8.50. The van der Waals surface area contributed by atoms with Gasteiger partial charge in [0, 0.05) is 39.0 Å². The molecule has 1 aromatic heterocycles. The molecule has 2 amide bonds. The van der Waals surface area contributed by atoms with Gasteiger partial charge in [-0.2, -0.15) is 0 Å². The van der Waals surface area contributed by atoms with Crippen LogP contribution >= 0.6 is 0 Å². The normalized spacial score (nSPS) is 28.7. The van der Waals surface area contributed by atoms with Crippen molar-refractivity contribution < 1.29 is 14.0 Å². The summed E-state index contributed by atoms with van der Waals surface area (Å²) in [6.07, 6.45) is 2.82. The lowest BCUT2D eigenvalue weighted by atomic mass is 9.60. The Morgan fingerprint density at radius 3 is 2.42 bits per heavy atom. The minimum Gasteiger partial charge on any atom is -0.465 e. The van der Waals surface area contributed by atoms with Gasteiger partial charge in [0.1, 0.15) is 11.5 Å². The second kappa shape index (κ2) is 6.12. The predicted octanol–water partition coefficient (Wildman–Crippen LogP) is 1.88. The number of aryl methyl sites for hydroxylation is 1. The molecular formula is C20H29N3O3. The van der Waals surface area contributed by atoms with Gasteiger partial charge in [-0.25, -0.2) is 0 Å². The average Bonchev–Trinajstić information content (AvgIpc) is 3.25. The molecule has 3 aliphatic heterocycles. The molecule has 4 rings (SSSR count). The third-order valence-corrected chi connectivity index (χ3v) is 7.03. The summed E-state index contributed by atoms with van der Waals surface area (Å²) in [4.78, 5) is 31.4. The Morgan fingerprint density at radius 2 is 1.88 bits per heavy atom. The Bertz CT molecular complexity index is 720. The van der Waals surface area contributed by atoms with E-state index in [4.69, 9.17) is 4.42 Å². The van der Waals surface area contributed by atoms with Crippen LogP contribution in [0.4, 0.5) is 0 Å². The molecule has 3 saturated heterocycles. The topological polar surface area (TPSA) is 57.0 Å². The fourth-order valence-electron chi connectivity index (χ4n) is 5.43. The van der Waals surface area contributed by atoms with Crippen molar-refractivity contribution in [2.24, 2.45) is 10.8 Å². The number of furan rings is 1. The molecule has 0 saturated carbocycles. The average molecular weight is 359 g/mol. The molecule has 3 fully saturated rings. The summed E-state index contributed by atoms with van der Waals surface area (Å²) in [5.74, 6) is 2.29. The zero-order chi connectivity index (χ0) is 18.5. The number of hydrogen-bond donors (Lipinski definition) is 0. The van der Waals surface area contributed by atoms with Crippen molar-refractivity contribution in [3.8, 4) is 0 Å². The van der Waals surface area contributed by atoms with E-state index in [9.17, 15) is 9.59 Å². The number of likely N-dealkylation sites (tertiary alicyclic amines) is 3. The zero-order valence-electron chi connectivity index (χ0n) is 16.1. The van der Waals surface area contributed by atoms with E-state index >= 15 is 0 Å². The monoisotopic (exact) mass is 359 g/mol. The van der Waals surface area contributed by atoms with Gasteiger partial charge in [-0.3, -0.25) is 14.5 Å².